The molecule has 0 aromatic rings. The van der Waals surface area contributed by atoms with Crippen molar-refractivity contribution in [3.8, 4) is 0 Å². The minimum Gasteiger partial charge on any atom is -0.415 e. The highest BCUT2D eigenvalue weighted by Gasteiger charge is 2.36. The second kappa shape index (κ2) is 7.06. The largest absolute Gasteiger partial charge is 0.415 e. The van der Waals surface area contributed by atoms with Crippen LogP contribution in [0.25, 0.3) is 0 Å². The monoisotopic (exact) mass is 272 g/mol. The van der Waals surface area contributed by atoms with Crippen molar-refractivity contribution >= 4 is 14.0 Å². The molecule has 0 spiro atoms. The molecule has 0 aliphatic carbocycles. The van der Waals surface area contributed by atoms with Crippen molar-refractivity contribution in [1.82, 2.24) is 5.32 Å². The summed E-state index contributed by atoms with van der Waals surface area (Å²) >= 11 is 0. The van der Waals surface area contributed by atoms with Crippen LogP contribution in [0.15, 0.2) is 11.8 Å². The fraction of sp³-hybridized carbons (Fsp3) is 0.769. The number of rotatable bonds is 7. The van der Waals surface area contributed by atoms with Gasteiger partial charge in [0.1, 0.15) is 0 Å². The second-order valence-corrected chi connectivity index (χ2v) is 10.9. The molecule has 0 aromatic heterocycles. The maximum absolute atomic E-state index is 9.10. The fourth-order valence-electron chi connectivity index (χ4n) is 1.15. The maximum atomic E-state index is 9.10. The van der Waals surface area contributed by atoms with Crippen LogP contribution in [0.5, 0.6) is 0 Å². The van der Waals surface area contributed by atoms with Crippen molar-refractivity contribution in [2.45, 2.75) is 45.8 Å². The summed E-state index contributed by atoms with van der Waals surface area (Å²) < 4.78 is 6.01. The van der Waals surface area contributed by atoms with Gasteiger partial charge in [-0.05, 0) is 31.1 Å². The smallest absolute Gasteiger partial charge is 0.192 e. The minimum atomic E-state index is -1.68. The highest BCUT2D eigenvalue weighted by atomic mass is 28.4. The van der Waals surface area contributed by atoms with Crippen LogP contribution >= 0.6 is 0 Å². The third kappa shape index (κ3) is 6.33. The van der Waals surface area contributed by atoms with Crippen LogP contribution in [-0.4, -0.2) is 38.9 Å². The van der Waals surface area contributed by atoms with Crippen molar-refractivity contribution in [3.05, 3.63) is 11.8 Å². The van der Waals surface area contributed by atoms with Crippen molar-refractivity contribution < 1.29 is 9.53 Å². The van der Waals surface area contributed by atoms with E-state index in [2.05, 4.69) is 39.2 Å². The molecule has 0 amide bonds. The van der Waals surface area contributed by atoms with E-state index in [1.807, 2.05) is 0 Å². The molecule has 0 heterocycles. The van der Waals surface area contributed by atoms with Gasteiger partial charge in [-0.15, -0.1) is 0 Å². The zero-order chi connectivity index (χ0) is 14.4. The number of aliphatic hydroxyl groups excluding tert-OH is 1. The lowest BCUT2D eigenvalue weighted by Gasteiger charge is -2.36. The third-order valence-corrected chi connectivity index (χ3v) is 7.82. The molecule has 0 fully saturated rings. The number of aliphatic hydroxyl groups is 1. The van der Waals surface area contributed by atoms with E-state index in [0.717, 1.165) is 0 Å². The SMILES string of the molecule is CC(=N)/C=C(/CO)NCCO[Si](C)(C)C(C)(C)C. The standard InChI is InChI=1S/C13H28N2O2Si/c1-11(14)9-12(10-16)15-7-8-17-18(5,6)13(2,3)4/h9,14-16H,7-8,10H2,1-6H3/b12-9-,14-11?. The summed E-state index contributed by atoms with van der Waals surface area (Å²) in [6, 6.07) is 0. The first-order chi connectivity index (χ1) is 8.10. The van der Waals surface area contributed by atoms with Crippen molar-refractivity contribution in [2.75, 3.05) is 19.8 Å². The summed E-state index contributed by atoms with van der Waals surface area (Å²) in [5.74, 6) is 0. The second-order valence-electron chi connectivity index (χ2n) is 6.05. The lowest BCUT2D eigenvalue weighted by Crippen LogP contribution is -2.42. The summed E-state index contributed by atoms with van der Waals surface area (Å²) in [7, 11) is -1.68. The molecule has 0 aliphatic rings. The molecule has 4 nitrogen and oxygen atoms in total. The van der Waals surface area contributed by atoms with Gasteiger partial charge in [0, 0.05) is 18.0 Å². The highest BCUT2D eigenvalue weighted by molar-refractivity contribution is 6.74. The van der Waals surface area contributed by atoms with E-state index in [4.69, 9.17) is 14.9 Å². The first-order valence-electron chi connectivity index (χ1n) is 6.34. The van der Waals surface area contributed by atoms with E-state index in [1.165, 1.54) is 0 Å². The Balaban J connectivity index is 4.11. The molecule has 18 heavy (non-hydrogen) atoms. The molecule has 106 valence electrons. The average Bonchev–Trinajstić information content (AvgIpc) is 2.20. The molecule has 0 radical (unpaired) electrons. The lowest BCUT2D eigenvalue weighted by molar-refractivity contribution is 0.281. The van der Waals surface area contributed by atoms with Gasteiger partial charge in [0.25, 0.3) is 0 Å². The van der Waals surface area contributed by atoms with Crippen LogP contribution in [0.1, 0.15) is 27.7 Å². The van der Waals surface area contributed by atoms with Gasteiger partial charge in [0.05, 0.1) is 13.2 Å². The van der Waals surface area contributed by atoms with Gasteiger partial charge in [-0.3, -0.25) is 0 Å². The molecule has 0 rings (SSSR count). The molecular weight excluding hydrogens is 244 g/mol. The van der Waals surface area contributed by atoms with E-state index in [0.29, 0.717) is 24.6 Å². The first kappa shape index (κ1) is 17.3. The lowest BCUT2D eigenvalue weighted by atomic mass is 10.2. The maximum Gasteiger partial charge on any atom is 0.192 e. The van der Waals surface area contributed by atoms with Gasteiger partial charge in [-0.2, -0.15) is 0 Å². The number of hydrogen-bond acceptors (Lipinski definition) is 4. The summed E-state index contributed by atoms with van der Waals surface area (Å²) in [5, 5.41) is 19.8. The summed E-state index contributed by atoms with van der Waals surface area (Å²) in [4.78, 5) is 0. The van der Waals surface area contributed by atoms with E-state index in [9.17, 15) is 0 Å². The molecule has 0 aromatic carbocycles. The average molecular weight is 272 g/mol. The van der Waals surface area contributed by atoms with E-state index < -0.39 is 8.32 Å². The Kier molecular flexibility index (Phi) is 6.81. The van der Waals surface area contributed by atoms with Crippen LogP contribution in [0.4, 0.5) is 0 Å². The first-order valence-corrected chi connectivity index (χ1v) is 9.25. The molecule has 5 heteroatoms. The zero-order valence-electron chi connectivity index (χ0n) is 12.6. The van der Waals surface area contributed by atoms with Crippen LogP contribution in [0, 0.1) is 5.41 Å². The van der Waals surface area contributed by atoms with Crippen molar-refractivity contribution in [3.63, 3.8) is 0 Å². The van der Waals surface area contributed by atoms with E-state index >= 15 is 0 Å². The Morgan fingerprint density at radius 2 is 1.94 bits per heavy atom. The highest BCUT2D eigenvalue weighted by Crippen LogP contribution is 2.36. The molecule has 3 N–H and O–H groups in total. The number of allylic oxidation sites excluding steroid dienone is 1. The van der Waals surface area contributed by atoms with E-state index in [1.54, 1.807) is 13.0 Å². The van der Waals surface area contributed by atoms with Crippen molar-refractivity contribution in [2.24, 2.45) is 0 Å². The molecule has 0 aliphatic heterocycles. The minimum absolute atomic E-state index is 0.0731. The Morgan fingerprint density at radius 1 is 1.39 bits per heavy atom. The molecule has 0 unspecified atom stereocenters. The summed E-state index contributed by atoms with van der Waals surface area (Å²) in [5.41, 5.74) is 1.10. The number of hydrogen-bond donors (Lipinski definition) is 3. The molecule has 0 bridgehead atoms. The van der Waals surface area contributed by atoms with Gasteiger partial charge in [-0.25, -0.2) is 0 Å². The van der Waals surface area contributed by atoms with Crippen LogP contribution in [-0.2, 0) is 4.43 Å². The number of nitrogens with one attached hydrogen (secondary N) is 2. The normalized spacial score (nSPS) is 13.6. The van der Waals surface area contributed by atoms with Gasteiger partial charge in [-0.1, -0.05) is 20.8 Å². The van der Waals surface area contributed by atoms with E-state index in [-0.39, 0.29) is 11.6 Å². The fourth-order valence-corrected chi connectivity index (χ4v) is 2.19. The Morgan fingerprint density at radius 3 is 2.33 bits per heavy atom. The zero-order valence-corrected chi connectivity index (χ0v) is 13.6. The van der Waals surface area contributed by atoms with Crippen LogP contribution in [0.2, 0.25) is 18.1 Å². The molecule has 0 atom stereocenters. The molecule has 0 saturated carbocycles. The van der Waals surface area contributed by atoms with Gasteiger partial charge in [0.15, 0.2) is 8.32 Å². The third-order valence-electron chi connectivity index (χ3n) is 3.28. The Labute approximate surface area is 112 Å². The molecular formula is C13H28N2O2Si. The Hall–Kier alpha value is -0.653. The quantitative estimate of drug-likeness (QED) is 0.379. The summed E-state index contributed by atoms with van der Waals surface area (Å²) in [6.45, 7) is 14.0. The van der Waals surface area contributed by atoms with Gasteiger partial charge >= 0.3 is 0 Å². The predicted molar refractivity (Wildman–Crippen MR) is 79.7 cm³/mol. The topological polar surface area (TPSA) is 65.3 Å². The van der Waals surface area contributed by atoms with Gasteiger partial charge in [0.2, 0.25) is 0 Å². The molecule has 0 saturated heterocycles. The van der Waals surface area contributed by atoms with Gasteiger partial charge < -0.3 is 20.3 Å². The van der Waals surface area contributed by atoms with Crippen LogP contribution in [0.3, 0.4) is 0 Å². The Bertz CT molecular complexity index is 307. The predicted octanol–water partition coefficient (Wildman–Crippen LogP) is 2.51. The van der Waals surface area contributed by atoms with Crippen LogP contribution < -0.4 is 5.32 Å². The van der Waals surface area contributed by atoms with Crippen molar-refractivity contribution in [1.29, 1.82) is 5.41 Å². The summed E-state index contributed by atoms with van der Waals surface area (Å²) in [6.07, 6.45) is 1.63.